The van der Waals surface area contributed by atoms with E-state index in [1.54, 1.807) is 0 Å². The molecule has 1 aliphatic heterocycles. The van der Waals surface area contributed by atoms with Gasteiger partial charge in [0.05, 0.1) is 6.10 Å². The molecule has 1 atom stereocenters. The lowest BCUT2D eigenvalue weighted by atomic mass is 10.2. The van der Waals surface area contributed by atoms with Crippen molar-refractivity contribution in [2.45, 2.75) is 18.9 Å². The average Bonchev–Trinajstić information content (AvgIpc) is 2.32. The molecule has 1 N–H and O–H groups in total. The Hall–Kier alpha value is 0.160. The van der Waals surface area contributed by atoms with Crippen LogP contribution in [0.2, 0.25) is 0 Å². The van der Waals surface area contributed by atoms with Crippen molar-refractivity contribution in [3.63, 3.8) is 0 Å². The minimum Gasteiger partial charge on any atom is -0.377 e. The smallest absolute Gasteiger partial charge is 0.297 e. The van der Waals surface area contributed by atoms with Gasteiger partial charge in [0.15, 0.2) is 0 Å². The summed E-state index contributed by atoms with van der Waals surface area (Å²) in [5.41, 5.74) is 0. The number of nitrogens with one attached hydrogen (secondary N) is 1. The topological polar surface area (TPSA) is 55.4 Å². The molecule has 1 heterocycles. The van der Waals surface area contributed by atoms with Crippen molar-refractivity contribution in [2.24, 2.45) is 0 Å². The average molecular weight is 200 g/mol. The zero-order valence-electron chi connectivity index (χ0n) is 5.92. The molecule has 0 unspecified atom stereocenters. The minimum atomic E-state index is -3.57. The molecule has 0 aromatic carbocycles. The van der Waals surface area contributed by atoms with E-state index in [-0.39, 0.29) is 12.6 Å². The Morgan fingerprint density at radius 2 is 2.36 bits per heavy atom. The first-order valence-electron chi connectivity index (χ1n) is 3.39. The Labute approximate surface area is 70.4 Å². The maximum Gasteiger partial charge on any atom is 0.297 e. The molecule has 11 heavy (non-hydrogen) atoms. The van der Waals surface area contributed by atoms with Crippen LogP contribution in [0.5, 0.6) is 0 Å². The third-order valence-corrected chi connectivity index (χ3v) is 2.35. The van der Waals surface area contributed by atoms with Crippen LogP contribution in [0, 0.1) is 0 Å². The van der Waals surface area contributed by atoms with E-state index in [4.69, 9.17) is 15.4 Å². The molecule has 0 aromatic heterocycles. The fourth-order valence-electron chi connectivity index (χ4n) is 0.998. The van der Waals surface area contributed by atoms with Gasteiger partial charge in [0, 0.05) is 23.8 Å². The van der Waals surface area contributed by atoms with Gasteiger partial charge in [-0.1, -0.05) is 0 Å². The van der Waals surface area contributed by atoms with E-state index in [1.165, 1.54) is 0 Å². The third-order valence-electron chi connectivity index (χ3n) is 1.51. The lowest BCUT2D eigenvalue weighted by Gasteiger charge is -2.07. The first-order valence-corrected chi connectivity index (χ1v) is 5.70. The van der Waals surface area contributed by atoms with Crippen molar-refractivity contribution in [1.82, 2.24) is 4.72 Å². The van der Waals surface area contributed by atoms with Crippen molar-refractivity contribution in [3.8, 4) is 0 Å². The second-order valence-electron chi connectivity index (χ2n) is 2.42. The Bertz CT molecular complexity index is 210. The molecule has 4 nitrogen and oxygen atoms in total. The number of halogens is 1. The molecule has 0 radical (unpaired) electrons. The molecule has 0 saturated carbocycles. The summed E-state index contributed by atoms with van der Waals surface area (Å²) in [4.78, 5) is 0. The van der Waals surface area contributed by atoms with Crippen molar-refractivity contribution in [1.29, 1.82) is 0 Å². The standard InChI is InChI=1S/C5H10ClNO3S/c6-11(8,9)7-4-5-2-1-3-10-5/h5,7H,1-4H2/t5-/m0/s1. The van der Waals surface area contributed by atoms with Crippen LogP contribution in [-0.4, -0.2) is 27.7 Å². The van der Waals surface area contributed by atoms with Gasteiger partial charge in [-0.05, 0) is 12.8 Å². The van der Waals surface area contributed by atoms with Gasteiger partial charge >= 0.3 is 0 Å². The van der Waals surface area contributed by atoms with Crippen LogP contribution >= 0.6 is 10.7 Å². The lowest BCUT2D eigenvalue weighted by molar-refractivity contribution is 0.114. The number of rotatable bonds is 3. The van der Waals surface area contributed by atoms with Gasteiger partial charge < -0.3 is 4.74 Å². The summed E-state index contributed by atoms with van der Waals surface area (Å²) >= 11 is 0. The summed E-state index contributed by atoms with van der Waals surface area (Å²) in [6.07, 6.45) is 1.90. The second-order valence-corrected chi connectivity index (χ2v) is 4.80. The molecule has 0 amide bonds. The molecule has 0 bridgehead atoms. The molecule has 66 valence electrons. The van der Waals surface area contributed by atoms with Crippen LogP contribution < -0.4 is 4.72 Å². The maximum atomic E-state index is 10.4. The second kappa shape index (κ2) is 3.71. The third kappa shape index (κ3) is 3.91. The number of hydrogen-bond donors (Lipinski definition) is 1. The molecule has 1 saturated heterocycles. The van der Waals surface area contributed by atoms with E-state index in [0.717, 1.165) is 12.8 Å². The van der Waals surface area contributed by atoms with Crippen LogP contribution in [0.25, 0.3) is 0 Å². The summed E-state index contributed by atoms with van der Waals surface area (Å²) in [6.45, 7) is 1.00. The molecule has 0 aromatic rings. The highest BCUT2D eigenvalue weighted by molar-refractivity contribution is 8.12. The molecule has 1 rings (SSSR count). The van der Waals surface area contributed by atoms with E-state index in [9.17, 15) is 8.42 Å². The van der Waals surface area contributed by atoms with E-state index in [0.29, 0.717) is 6.61 Å². The monoisotopic (exact) mass is 199 g/mol. The van der Waals surface area contributed by atoms with Gasteiger partial charge in [-0.15, -0.1) is 0 Å². The van der Waals surface area contributed by atoms with Crippen LogP contribution in [0.15, 0.2) is 0 Å². The van der Waals surface area contributed by atoms with Crippen molar-refractivity contribution in [3.05, 3.63) is 0 Å². The zero-order valence-corrected chi connectivity index (χ0v) is 7.49. The number of ether oxygens (including phenoxy) is 1. The maximum absolute atomic E-state index is 10.4. The van der Waals surface area contributed by atoms with Gasteiger partial charge in [-0.2, -0.15) is 13.1 Å². The summed E-state index contributed by atoms with van der Waals surface area (Å²) < 4.78 is 28.1. The van der Waals surface area contributed by atoms with E-state index < -0.39 is 9.24 Å². The molecular formula is C5H10ClNO3S. The SMILES string of the molecule is O=S(=O)(Cl)NC[C@@H]1CCCO1. The van der Waals surface area contributed by atoms with Crippen LogP contribution in [0.4, 0.5) is 0 Å². The summed E-state index contributed by atoms with van der Waals surface area (Å²) in [5.74, 6) is 0. The van der Waals surface area contributed by atoms with Crippen LogP contribution in [0.1, 0.15) is 12.8 Å². The first kappa shape index (κ1) is 9.25. The number of hydrogen-bond acceptors (Lipinski definition) is 3. The Morgan fingerprint density at radius 1 is 1.64 bits per heavy atom. The largest absolute Gasteiger partial charge is 0.377 e. The van der Waals surface area contributed by atoms with E-state index in [1.807, 2.05) is 0 Å². The summed E-state index contributed by atoms with van der Waals surface area (Å²) in [7, 11) is 1.35. The first-order chi connectivity index (χ1) is 5.08. The molecular weight excluding hydrogens is 190 g/mol. The van der Waals surface area contributed by atoms with Gasteiger partial charge in [-0.3, -0.25) is 0 Å². The molecule has 6 heteroatoms. The van der Waals surface area contributed by atoms with Crippen LogP contribution in [-0.2, 0) is 14.0 Å². The highest BCUT2D eigenvalue weighted by Gasteiger charge is 2.17. The molecule has 0 aliphatic carbocycles. The quantitative estimate of drug-likeness (QED) is 0.663. The highest BCUT2D eigenvalue weighted by atomic mass is 35.7. The van der Waals surface area contributed by atoms with Crippen LogP contribution in [0.3, 0.4) is 0 Å². The molecule has 0 spiro atoms. The van der Waals surface area contributed by atoms with E-state index >= 15 is 0 Å². The van der Waals surface area contributed by atoms with Crippen molar-refractivity contribution >= 4 is 19.9 Å². The highest BCUT2D eigenvalue weighted by Crippen LogP contribution is 2.10. The predicted octanol–water partition coefficient (Wildman–Crippen LogP) is 0.239. The molecule has 1 fully saturated rings. The van der Waals surface area contributed by atoms with Crippen molar-refractivity contribution in [2.75, 3.05) is 13.2 Å². The predicted molar refractivity (Wildman–Crippen MR) is 41.7 cm³/mol. The Kier molecular flexibility index (Phi) is 3.12. The fourth-order valence-corrected chi connectivity index (χ4v) is 1.57. The summed E-state index contributed by atoms with van der Waals surface area (Å²) in [5, 5.41) is 0. The summed E-state index contributed by atoms with van der Waals surface area (Å²) in [6, 6.07) is 0. The zero-order chi connectivity index (χ0) is 8.32. The Morgan fingerprint density at radius 3 is 2.82 bits per heavy atom. The fraction of sp³-hybridized carbons (Fsp3) is 1.00. The Balaban J connectivity index is 2.22. The van der Waals surface area contributed by atoms with Gasteiger partial charge in [0.1, 0.15) is 0 Å². The van der Waals surface area contributed by atoms with Gasteiger partial charge in [0.2, 0.25) is 0 Å². The van der Waals surface area contributed by atoms with Gasteiger partial charge in [0.25, 0.3) is 9.24 Å². The van der Waals surface area contributed by atoms with Gasteiger partial charge in [-0.25, -0.2) is 0 Å². The molecule has 1 aliphatic rings. The lowest BCUT2D eigenvalue weighted by Crippen LogP contribution is -2.28. The normalized spacial score (nSPS) is 25.7. The van der Waals surface area contributed by atoms with E-state index in [2.05, 4.69) is 4.72 Å². The minimum absolute atomic E-state index is 0.00326. The van der Waals surface area contributed by atoms with Crippen molar-refractivity contribution < 1.29 is 13.2 Å².